The highest BCUT2D eigenvalue weighted by Gasteiger charge is 2.15. The number of hydrogen-bond donors (Lipinski definition) is 1. The van der Waals surface area contributed by atoms with Gasteiger partial charge >= 0.3 is 0 Å². The molecule has 7 nitrogen and oxygen atoms in total. The summed E-state index contributed by atoms with van der Waals surface area (Å²) in [5.74, 6) is 1.67. The maximum absolute atomic E-state index is 10.9. The molecule has 0 aliphatic rings. The van der Waals surface area contributed by atoms with Crippen LogP contribution in [0.1, 0.15) is 6.92 Å². The summed E-state index contributed by atoms with van der Waals surface area (Å²) in [5, 5.41) is 6.92. The summed E-state index contributed by atoms with van der Waals surface area (Å²) < 4.78 is 10.8. The Hall–Kier alpha value is -3.22. The largest absolute Gasteiger partial charge is 0.493 e. The normalized spacial score (nSPS) is 10.5. The summed E-state index contributed by atoms with van der Waals surface area (Å²) in [6.07, 6.45) is 0. The Morgan fingerprint density at radius 1 is 1.08 bits per heavy atom. The summed E-state index contributed by atoms with van der Waals surface area (Å²) in [6, 6.07) is 10.6. The lowest BCUT2D eigenvalue weighted by Crippen LogP contribution is -2.04. The molecule has 1 aromatic heterocycles. The highest BCUT2D eigenvalue weighted by molar-refractivity contribution is 5.95. The Kier molecular flexibility index (Phi) is 4.74. The van der Waals surface area contributed by atoms with Crippen molar-refractivity contribution < 1.29 is 9.47 Å². The van der Waals surface area contributed by atoms with Gasteiger partial charge in [-0.1, -0.05) is 12.1 Å². The van der Waals surface area contributed by atoms with Gasteiger partial charge in [0.25, 0.3) is 0 Å². The minimum absolute atomic E-state index is 0.342. The first-order valence-electron chi connectivity index (χ1n) is 7.81. The molecule has 0 saturated carbocycles. The molecule has 0 atom stereocenters. The molecule has 0 bridgehead atoms. The van der Waals surface area contributed by atoms with Crippen LogP contribution in [-0.4, -0.2) is 30.7 Å². The molecule has 0 fully saturated rings. The molecule has 25 heavy (non-hydrogen) atoms. The molecule has 128 valence electrons. The first-order chi connectivity index (χ1) is 12.2. The standard InChI is InChI=1S/C18H18N4O3/c1-4-19-18-20-14-10-16(25-3)15(24-2)9-13(14)17(21-18)11-6-5-7-12(8-11)22-23/h5-10H,4H2,1-3H3,(H,19,20,21). The second kappa shape index (κ2) is 7.12. The fraction of sp³-hybridized carbons (Fsp3) is 0.222. The number of rotatable bonds is 6. The Bertz CT molecular complexity index is 928. The van der Waals surface area contributed by atoms with Gasteiger partial charge < -0.3 is 14.8 Å². The number of benzene rings is 2. The van der Waals surface area contributed by atoms with Crippen molar-refractivity contribution in [2.24, 2.45) is 5.18 Å². The minimum Gasteiger partial charge on any atom is -0.493 e. The lowest BCUT2D eigenvalue weighted by molar-refractivity contribution is 0.356. The molecule has 0 radical (unpaired) electrons. The van der Waals surface area contributed by atoms with Crippen LogP contribution < -0.4 is 14.8 Å². The van der Waals surface area contributed by atoms with Crippen molar-refractivity contribution in [3.8, 4) is 22.8 Å². The van der Waals surface area contributed by atoms with Crippen LogP contribution in [0.2, 0.25) is 0 Å². The number of nitrogens with one attached hydrogen (secondary N) is 1. The van der Waals surface area contributed by atoms with E-state index >= 15 is 0 Å². The fourth-order valence-electron chi connectivity index (χ4n) is 2.62. The summed E-state index contributed by atoms with van der Waals surface area (Å²) >= 11 is 0. The average Bonchev–Trinajstić information content (AvgIpc) is 2.66. The Labute approximate surface area is 145 Å². The minimum atomic E-state index is 0.342. The van der Waals surface area contributed by atoms with E-state index in [9.17, 15) is 4.91 Å². The van der Waals surface area contributed by atoms with Crippen LogP contribution in [0.5, 0.6) is 11.5 Å². The highest BCUT2D eigenvalue weighted by atomic mass is 16.5. The van der Waals surface area contributed by atoms with Crippen molar-refractivity contribution in [3.05, 3.63) is 41.3 Å². The zero-order valence-electron chi connectivity index (χ0n) is 14.2. The van der Waals surface area contributed by atoms with Crippen LogP contribution in [0.25, 0.3) is 22.2 Å². The fourth-order valence-corrected chi connectivity index (χ4v) is 2.62. The molecule has 3 aromatic rings. The zero-order chi connectivity index (χ0) is 17.8. The highest BCUT2D eigenvalue weighted by Crippen LogP contribution is 2.36. The lowest BCUT2D eigenvalue weighted by atomic mass is 10.1. The van der Waals surface area contributed by atoms with Crippen LogP contribution in [0.15, 0.2) is 41.6 Å². The molecule has 0 amide bonds. The van der Waals surface area contributed by atoms with Crippen molar-refractivity contribution in [2.45, 2.75) is 6.92 Å². The van der Waals surface area contributed by atoms with Gasteiger partial charge in [0.2, 0.25) is 5.95 Å². The van der Waals surface area contributed by atoms with Gasteiger partial charge in [-0.05, 0) is 30.3 Å². The van der Waals surface area contributed by atoms with Gasteiger partial charge in [-0.25, -0.2) is 9.97 Å². The Morgan fingerprint density at radius 2 is 1.84 bits per heavy atom. The molecule has 2 aromatic carbocycles. The van der Waals surface area contributed by atoms with Crippen LogP contribution in [-0.2, 0) is 0 Å². The SMILES string of the molecule is CCNc1nc(-c2cccc(N=O)c2)c2cc(OC)c(OC)cc2n1. The summed E-state index contributed by atoms with van der Waals surface area (Å²) in [4.78, 5) is 20.0. The van der Waals surface area contributed by atoms with Crippen LogP contribution in [0.3, 0.4) is 0 Å². The van der Waals surface area contributed by atoms with Gasteiger partial charge in [0.05, 0.1) is 25.4 Å². The molecule has 3 rings (SSSR count). The summed E-state index contributed by atoms with van der Waals surface area (Å²) in [6.45, 7) is 2.66. The van der Waals surface area contributed by atoms with Gasteiger partial charge in [0.15, 0.2) is 11.5 Å². The predicted octanol–water partition coefficient (Wildman–Crippen LogP) is 4.14. The Morgan fingerprint density at radius 3 is 2.52 bits per heavy atom. The average molecular weight is 338 g/mol. The third-order valence-electron chi connectivity index (χ3n) is 3.76. The number of hydrogen-bond acceptors (Lipinski definition) is 7. The number of fused-ring (bicyclic) bond motifs is 1. The maximum atomic E-state index is 10.9. The topological polar surface area (TPSA) is 85.7 Å². The van der Waals surface area contributed by atoms with E-state index in [1.165, 1.54) is 0 Å². The van der Waals surface area contributed by atoms with Crippen LogP contribution in [0.4, 0.5) is 11.6 Å². The molecule has 0 spiro atoms. The van der Waals surface area contributed by atoms with E-state index in [4.69, 9.17) is 9.47 Å². The molecule has 0 saturated heterocycles. The van der Waals surface area contributed by atoms with Crippen LogP contribution >= 0.6 is 0 Å². The third-order valence-corrected chi connectivity index (χ3v) is 3.76. The number of nitrogens with zero attached hydrogens (tertiary/aromatic N) is 3. The van der Waals surface area contributed by atoms with Crippen molar-refractivity contribution in [3.63, 3.8) is 0 Å². The summed E-state index contributed by atoms with van der Waals surface area (Å²) in [5.41, 5.74) is 2.51. The van der Waals surface area contributed by atoms with Gasteiger partial charge in [-0.3, -0.25) is 0 Å². The number of anilines is 1. The van der Waals surface area contributed by atoms with E-state index in [0.717, 1.165) is 10.9 Å². The first kappa shape index (κ1) is 16.6. The van der Waals surface area contributed by atoms with E-state index in [2.05, 4.69) is 20.5 Å². The lowest BCUT2D eigenvalue weighted by Gasteiger charge is -2.13. The van der Waals surface area contributed by atoms with Crippen molar-refractivity contribution >= 4 is 22.5 Å². The second-order valence-electron chi connectivity index (χ2n) is 5.29. The molecule has 1 heterocycles. The zero-order valence-corrected chi connectivity index (χ0v) is 14.2. The number of nitroso groups, excluding NO2 is 1. The molecule has 1 N–H and O–H groups in total. The quantitative estimate of drug-likeness (QED) is 0.680. The third kappa shape index (κ3) is 3.21. The maximum Gasteiger partial charge on any atom is 0.223 e. The van der Waals surface area contributed by atoms with Gasteiger partial charge in [0.1, 0.15) is 5.69 Å². The molecule has 7 heteroatoms. The second-order valence-corrected chi connectivity index (χ2v) is 5.29. The smallest absolute Gasteiger partial charge is 0.223 e. The van der Waals surface area contributed by atoms with Crippen molar-refractivity contribution in [1.29, 1.82) is 0 Å². The molecule has 0 aliphatic heterocycles. The van der Waals surface area contributed by atoms with Crippen LogP contribution in [0, 0.1) is 4.91 Å². The van der Waals surface area contributed by atoms with E-state index in [1.807, 2.05) is 25.1 Å². The van der Waals surface area contributed by atoms with E-state index in [-0.39, 0.29) is 0 Å². The monoisotopic (exact) mass is 338 g/mol. The summed E-state index contributed by atoms with van der Waals surface area (Å²) in [7, 11) is 3.16. The van der Waals surface area contributed by atoms with Gasteiger partial charge in [-0.15, -0.1) is 4.91 Å². The number of aromatic nitrogens is 2. The van der Waals surface area contributed by atoms with E-state index < -0.39 is 0 Å². The van der Waals surface area contributed by atoms with Crippen molar-refractivity contribution in [1.82, 2.24) is 9.97 Å². The first-order valence-corrected chi connectivity index (χ1v) is 7.81. The molecular weight excluding hydrogens is 320 g/mol. The van der Waals surface area contributed by atoms with Gasteiger partial charge in [-0.2, -0.15) is 0 Å². The van der Waals surface area contributed by atoms with Gasteiger partial charge in [0, 0.05) is 23.6 Å². The van der Waals surface area contributed by atoms with E-state index in [0.29, 0.717) is 40.9 Å². The predicted molar refractivity (Wildman–Crippen MR) is 97.7 cm³/mol. The number of methoxy groups -OCH3 is 2. The molecular formula is C18H18N4O3. The number of ether oxygens (including phenoxy) is 2. The molecule has 0 aliphatic carbocycles. The van der Waals surface area contributed by atoms with E-state index in [1.54, 1.807) is 32.4 Å². The van der Waals surface area contributed by atoms with Crippen molar-refractivity contribution in [2.75, 3.05) is 26.1 Å². The Balaban J connectivity index is 2.31. The molecule has 0 unspecified atom stereocenters.